The zero-order valence-electron chi connectivity index (χ0n) is 17.6. The van der Waals surface area contributed by atoms with Crippen molar-refractivity contribution in [2.75, 3.05) is 13.1 Å². The molecule has 1 aromatic carbocycles. The lowest BCUT2D eigenvalue weighted by atomic mass is 9.90. The molecule has 30 heavy (non-hydrogen) atoms. The summed E-state index contributed by atoms with van der Waals surface area (Å²) in [7, 11) is 1.83. The van der Waals surface area contributed by atoms with E-state index >= 15 is 0 Å². The third-order valence-electron chi connectivity index (χ3n) is 5.71. The van der Waals surface area contributed by atoms with E-state index in [2.05, 4.69) is 34.3 Å². The highest BCUT2D eigenvalue weighted by molar-refractivity contribution is 5.92. The van der Waals surface area contributed by atoms with E-state index in [1.54, 1.807) is 17.1 Å². The molecule has 0 spiro atoms. The summed E-state index contributed by atoms with van der Waals surface area (Å²) in [5.41, 5.74) is 4.04. The number of amides is 1. The van der Waals surface area contributed by atoms with E-state index in [9.17, 15) is 4.79 Å². The van der Waals surface area contributed by atoms with Crippen LogP contribution in [0.25, 0.3) is 0 Å². The third-order valence-corrected chi connectivity index (χ3v) is 5.71. The minimum atomic E-state index is 0.0921. The topological polar surface area (TPSA) is 60.3 Å². The third kappa shape index (κ3) is 4.87. The Morgan fingerprint density at radius 3 is 2.50 bits per heavy atom. The number of likely N-dealkylation sites (tertiary alicyclic amines) is 1. The van der Waals surface area contributed by atoms with Crippen LogP contribution in [-0.4, -0.2) is 38.7 Å². The molecule has 6 heteroatoms. The molecule has 0 saturated carbocycles. The van der Waals surface area contributed by atoms with Gasteiger partial charge in [-0.05, 0) is 61.4 Å². The molecule has 0 bridgehead atoms. The maximum atomic E-state index is 12.7. The van der Waals surface area contributed by atoms with Crippen molar-refractivity contribution in [1.29, 1.82) is 0 Å². The SMILES string of the molecule is Cc1cc(C(=O)N2CCC(Cc3ccc(COc4cccnc4)cc3)CC2)n(C)n1. The fraction of sp³-hybridized carbons (Fsp3) is 0.375. The summed E-state index contributed by atoms with van der Waals surface area (Å²) < 4.78 is 7.44. The Morgan fingerprint density at radius 1 is 1.13 bits per heavy atom. The Balaban J connectivity index is 1.25. The van der Waals surface area contributed by atoms with Gasteiger partial charge in [0.25, 0.3) is 5.91 Å². The van der Waals surface area contributed by atoms with Gasteiger partial charge in [-0.3, -0.25) is 14.5 Å². The molecule has 2 aromatic heterocycles. The number of ether oxygens (including phenoxy) is 1. The molecule has 6 nitrogen and oxygen atoms in total. The fourth-order valence-electron chi connectivity index (χ4n) is 4.02. The largest absolute Gasteiger partial charge is 0.487 e. The standard InChI is InChI=1S/C24H28N4O2/c1-18-14-23(27(2)26-18)24(29)28-12-9-20(10-13-28)15-19-5-7-21(8-6-19)17-30-22-4-3-11-25-16-22/h3-8,11,14,16,20H,9-10,12-13,15,17H2,1-2H3. The molecule has 1 amide bonds. The van der Waals surface area contributed by atoms with Gasteiger partial charge in [0.2, 0.25) is 0 Å². The highest BCUT2D eigenvalue weighted by atomic mass is 16.5. The first-order chi connectivity index (χ1) is 14.6. The predicted molar refractivity (Wildman–Crippen MR) is 115 cm³/mol. The summed E-state index contributed by atoms with van der Waals surface area (Å²) >= 11 is 0. The molecule has 3 aromatic rings. The van der Waals surface area contributed by atoms with Gasteiger partial charge in [-0.15, -0.1) is 0 Å². The average molecular weight is 405 g/mol. The Labute approximate surface area is 177 Å². The molecule has 0 aliphatic carbocycles. The first-order valence-electron chi connectivity index (χ1n) is 10.5. The van der Waals surface area contributed by atoms with Gasteiger partial charge < -0.3 is 9.64 Å². The van der Waals surface area contributed by atoms with E-state index in [1.807, 2.05) is 37.1 Å². The number of pyridine rings is 1. The molecular weight excluding hydrogens is 376 g/mol. The zero-order valence-corrected chi connectivity index (χ0v) is 17.6. The molecule has 0 radical (unpaired) electrons. The van der Waals surface area contributed by atoms with Gasteiger partial charge in [0.05, 0.1) is 11.9 Å². The van der Waals surface area contributed by atoms with Gasteiger partial charge in [0.15, 0.2) is 0 Å². The number of nitrogens with zero attached hydrogens (tertiary/aromatic N) is 4. The number of hydrogen-bond donors (Lipinski definition) is 0. The first kappa shape index (κ1) is 20.1. The van der Waals surface area contributed by atoms with Crippen LogP contribution in [0.1, 0.15) is 40.2 Å². The molecule has 1 aliphatic rings. The number of aryl methyl sites for hydroxylation is 2. The summed E-state index contributed by atoms with van der Waals surface area (Å²) in [6.07, 6.45) is 6.59. The highest BCUT2D eigenvalue weighted by Crippen LogP contribution is 2.23. The molecule has 0 unspecified atom stereocenters. The number of carbonyl (C=O) groups excluding carboxylic acids is 1. The van der Waals surface area contributed by atoms with E-state index in [-0.39, 0.29) is 5.91 Å². The molecule has 4 rings (SSSR count). The van der Waals surface area contributed by atoms with Crippen LogP contribution in [0.2, 0.25) is 0 Å². The van der Waals surface area contributed by atoms with E-state index in [0.717, 1.165) is 49.4 Å². The Morgan fingerprint density at radius 2 is 1.87 bits per heavy atom. The van der Waals surface area contributed by atoms with E-state index in [4.69, 9.17) is 4.74 Å². The lowest BCUT2D eigenvalue weighted by molar-refractivity contribution is 0.0679. The lowest BCUT2D eigenvalue weighted by Crippen LogP contribution is -2.39. The first-order valence-corrected chi connectivity index (χ1v) is 10.5. The normalized spacial score (nSPS) is 14.7. The van der Waals surface area contributed by atoms with Gasteiger partial charge >= 0.3 is 0 Å². The van der Waals surface area contributed by atoms with Crippen LogP contribution in [0.5, 0.6) is 5.75 Å². The van der Waals surface area contributed by atoms with Gasteiger partial charge in [0, 0.05) is 26.3 Å². The molecule has 0 N–H and O–H groups in total. The Kier molecular flexibility index (Phi) is 6.12. The predicted octanol–water partition coefficient (Wildman–Crippen LogP) is 3.80. The quantitative estimate of drug-likeness (QED) is 0.627. The summed E-state index contributed by atoms with van der Waals surface area (Å²) in [4.78, 5) is 18.8. The molecule has 1 aliphatic heterocycles. The van der Waals surface area contributed by atoms with Crippen LogP contribution in [0.15, 0.2) is 54.9 Å². The van der Waals surface area contributed by atoms with Crippen LogP contribution in [-0.2, 0) is 20.1 Å². The van der Waals surface area contributed by atoms with Crippen LogP contribution >= 0.6 is 0 Å². The van der Waals surface area contributed by atoms with Crippen molar-refractivity contribution in [3.63, 3.8) is 0 Å². The van der Waals surface area contributed by atoms with Gasteiger partial charge in [-0.2, -0.15) is 5.10 Å². The van der Waals surface area contributed by atoms with Gasteiger partial charge in [-0.25, -0.2) is 0 Å². The minimum Gasteiger partial charge on any atom is -0.487 e. The Hall–Kier alpha value is -3.15. The number of rotatable bonds is 6. The van der Waals surface area contributed by atoms with Crippen molar-refractivity contribution in [2.24, 2.45) is 13.0 Å². The second-order valence-electron chi connectivity index (χ2n) is 8.03. The van der Waals surface area contributed by atoms with Crippen molar-refractivity contribution in [3.8, 4) is 5.75 Å². The van der Waals surface area contributed by atoms with Crippen molar-refractivity contribution in [2.45, 2.75) is 32.8 Å². The Bertz CT molecular complexity index is 974. The van der Waals surface area contributed by atoms with Gasteiger partial charge in [0.1, 0.15) is 18.1 Å². The second kappa shape index (κ2) is 9.11. The molecule has 3 heterocycles. The number of hydrogen-bond acceptors (Lipinski definition) is 4. The van der Waals surface area contributed by atoms with Crippen LogP contribution < -0.4 is 4.74 Å². The molecule has 156 valence electrons. The number of aromatic nitrogens is 3. The van der Waals surface area contributed by atoms with Crippen molar-refractivity contribution in [1.82, 2.24) is 19.7 Å². The summed E-state index contributed by atoms with van der Waals surface area (Å²) in [6, 6.07) is 14.3. The summed E-state index contributed by atoms with van der Waals surface area (Å²) in [6.45, 7) is 4.08. The van der Waals surface area contributed by atoms with Crippen molar-refractivity contribution >= 4 is 5.91 Å². The van der Waals surface area contributed by atoms with Crippen LogP contribution in [0, 0.1) is 12.8 Å². The maximum absolute atomic E-state index is 12.7. The minimum absolute atomic E-state index is 0.0921. The van der Waals surface area contributed by atoms with Crippen molar-refractivity contribution in [3.05, 3.63) is 77.4 Å². The summed E-state index contributed by atoms with van der Waals surface area (Å²) in [5, 5.41) is 4.29. The molecule has 1 saturated heterocycles. The van der Waals surface area contributed by atoms with E-state index < -0.39 is 0 Å². The monoisotopic (exact) mass is 404 g/mol. The number of carbonyl (C=O) groups is 1. The highest BCUT2D eigenvalue weighted by Gasteiger charge is 2.25. The van der Waals surface area contributed by atoms with E-state index in [0.29, 0.717) is 18.2 Å². The van der Waals surface area contributed by atoms with Crippen molar-refractivity contribution < 1.29 is 9.53 Å². The molecular formula is C24H28N4O2. The maximum Gasteiger partial charge on any atom is 0.272 e. The average Bonchev–Trinajstić information content (AvgIpc) is 3.12. The molecule has 0 atom stereocenters. The number of benzene rings is 1. The zero-order chi connectivity index (χ0) is 20.9. The second-order valence-corrected chi connectivity index (χ2v) is 8.03. The number of piperidine rings is 1. The fourth-order valence-corrected chi connectivity index (χ4v) is 4.02. The smallest absolute Gasteiger partial charge is 0.272 e. The summed E-state index contributed by atoms with van der Waals surface area (Å²) in [5.74, 6) is 1.48. The van der Waals surface area contributed by atoms with Gasteiger partial charge in [-0.1, -0.05) is 24.3 Å². The van der Waals surface area contributed by atoms with E-state index in [1.165, 1.54) is 5.56 Å². The van der Waals surface area contributed by atoms with Crippen LogP contribution in [0.3, 0.4) is 0 Å². The molecule has 1 fully saturated rings. The lowest BCUT2D eigenvalue weighted by Gasteiger charge is -2.32. The van der Waals surface area contributed by atoms with Crippen LogP contribution in [0.4, 0.5) is 0 Å².